The van der Waals surface area contributed by atoms with Gasteiger partial charge in [0.1, 0.15) is 5.75 Å². The highest BCUT2D eigenvalue weighted by atomic mass is 32.1. The fourth-order valence-corrected chi connectivity index (χ4v) is 4.94. The van der Waals surface area contributed by atoms with E-state index in [9.17, 15) is 9.59 Å². The molecular formula is C25H27N3O3S. The molecule has 2 amide bonds. The molecule has 1 unspecified atom stereocenters. The number of rotatable bonds is 8. The van der Waals surface area contributed by atoms with Gasteiger partial charge in [-0.2, -0.15) is 0 Å². The van der Waals surface area contributed by atoms with Crippen molar-refractivity contribution in [1.29, 1.82) is 0 Å². The van der Waals surface area contributed by atoms with Crippen molar-refractivity contribution in [1.82, 2.24) is 10.6 Å². The number of thiophene rings is 1. The van der Waals surface area contributed by atoms with Gasteiger partial charge in [0, 0.05) is 30.2 Å². The quantitative estimate of drug-likeness (QED) is 0.518. The first-order valence-corrected chi connectivity index (χ1v) is 11.6. The second-order valence-corrected chi connectivity index (χ2v) is 8.61. The Morgan fingerprint density at radius 3 is 2.62 bits per heavy atom. The topological polar surface area (TPSA) is 70.7 Å². The predicted molar refractivity (Wildman–Crippen MR) is 127 cm³/mol. The highest BCUT2D eigenvalue weighted by molar-refractivity contribution is 7.10. The Kier molecular flexibility index (Phi) is 7.07. The van der Waals surface area contributed by atoms with Crippen molar-refractivity contribution in [2.24, 2.45) is 0 Å². The van der Waals surface area contributed by atoms with E-state index in [1.165, 1.54) is 16.1 Å². The first kappa shape index (κ1) is 21.9. The van der Waals surface area contributed by atoms with Crippen LogP contribution in [0.2, 0.25) is 0 Å². The summed E-state index contributed by atoms with van der Waals surface area (Å²) in [4.78, 5) is 28.3. The molecule has 0 fully saturated rings. The van der Waals surface area contributed by atoms with E-state index in [1.54, 1.807) is 18.4 Å². The molecule has 4 rings (SSSR count). The summed E-state index contributed by atoms with van der Waals surface area (Å²) in [5.74, 6) is -0.457. The summed E-state index contributed by atoms with van der Waals surface area (Å²) < 4.78 is 5.33. The molecule has 0 aliphatic carbocycles. The molecule has 7 heteroatoms. The smallest absolute Gasteiger partial charge is 0.309 e. The van der Waals surface area contributed by atoms with Gasteiger partial charge in [-0.3, -0.25) is 9.59 Å². The zero-order valence-corrected chi connectivity index (χ0v) is 18.9. The molecule has 32 heavy (non-hydrogen) atoms. The van der Waals surface area contributed by atoms with E-state index < -0.39 is 11.8 Å². The van der Waals surface area contributed by atoms with Gasteiger partial charge in [-0.25, -0.2) is 0 Å². The van der Waals surface area contributed by atoms with Gasteiger partial charge in [-0.05, 0) is 47.5 Å². The normalized spacial score (nSPS) is 13.3. The minimum Gasteiger partial charge on any atom is -0.496 e. The molecule has 0 bridgehead atoms. The highest BCUT2D eigenvalue weighted by Crippen LogP contribution is 2.36. The second kappa shape index (κ2) is 10.3. The van der Waals surface area contributed by atoms with Crippen LogP contribution >= 0.6 is 11.3 Å². The molecule has 3 aromatic rings. The third-order valence-corrected chi connectivity index (χ3v) is 6.68. The van der Waals surface area contributed by atoms with Crippen LogP contribution in [0.15, 0.2) is 66.0 Å². The number of carbonyl (C=O) groups excluding carboxylic acids is 2. The van der Waals surface area contributed by atoms with E-state index in [0.29, 0.717) is 19.5 Å². The van der Waals surface area contributed by atoms with Crippen LogP contribution in [0.5, 0.6) is 5.75 Å². The first-order chi connectivity index (χ1) is 15.7. The molecular weight excluding hydrogens is 422 g/mol. The van der Waals surface area contributed by atoms with Crippen molar-refractivity contribution in [2.75, 3.05) is 31.6 Å². The average molecular weight is 450 g/mol. The Labute approximate surface area is 192 Å². The largest absolute Gasteiger partial charge is 0.496 e. The maximum atomic E-state index is 12.5. The lowest BCUT2D eigenvalue weighted by atomic mass is 10.1. The van der Waals surface area contributed by atoms with Crippen LogP contribution in [0, 0.1) is 0 Å². The predicted octanol–water partition coefficient (Wildman–Crippen LogP) is 3.34. The van der Waals surface area contributed by atoms with E-state index in [0.717, 1.165) is 24.3 Å². The number of para-hydroxylation sites is 2. The van der Waals surface area contributed by atoms with Crippen molar-refractivity contribution in [3.63, 3.8) is 0 Å². The molecule has 0 saturated carbocycles. The molecule has 6 nitrogen and oxygen atoms in total. The van der Waals surface area contributed by atoms with Gasteiger partial charge < -0.3 is 20.3 Å². The Hall–Kier alpha value is -3.32. The number of amides is 2. The van der Waals surface area contributed by atoms with Crippen molar-refractivity contribution in [3.8, 4) is 5.75 Å². The van der Waals surface area contributed by atoms with Crippen LogP contribution < -0.4 is 20.3 Å². The zero-order valence-electron chi connectivity index (χ0n) is 18.0. The Morgan fingerprint density at radius 2 is 1.81 bits per heavy atom. The minimum absolute atomic E-state index is 0.0102. The van der Waals surface area contributed by atoms with Gasteiger partial charge in [0.25, 0.3) is 0 Å². The van der Waals surface area contributed by atoms with Crippen LogP contribution in [0.4, 0.5) is 5.69 Å². The lowest BCUT2D eigenvalue weighted by Crippen LogP contribution is -2.44. The summed E-state index contributed by atoms with van der Waals surface area (Å²) in [5.41, 5.74) is 3.50. The van der Waals surface area contributed by atoms with Gasteiger partial charge in [-0.15, -0.1) is 11.3 Å². The summed E-state index contributed by atoms with van der Waals surface area (Å²) in [6.07, 6.45) is 1.57. The number of benzene rings is 2. The summed E-state index contributed by atoms with van der Waals surface area (Å²) in [6, 6.07) is 20.1. The number of nitrogens with zero attached hydrogens (tertiary/aromatic N) is 1. The fraction of sp³-hybridized carbons (Fsp3) is 0.280. The molecule has 0 radical (unpaired) electrons. The number of fused-ring (bicyclic) bond motifs is 1. The molecule has 2 aromatic carbocycles. The third kappa shape index (κ3) is 4.94. The number of hydrogen-bond acceptors (Lipinski definition) is 5. The molecule has 0 spiro atoms. The minimum atomic E-state index is -0.619. The van der Waals surface area contributed by atoms with Crippen molar-refractivity contribution in [3.05, 3.63) is 82.0 Å². The molecule has 166 valence electrons. The van der Waals surface area contributed by atoms with E-state index in [4.69, 9.17) is 4.74 Å². The van der Waals surface area contributed by atoms with Crippen LogP contribution in [0.25, 0.3) is 0 Å². The summed E-state index contributed by atoms with van der Waals surface area (Å²) >= 11 is 1.66. The van der Waals surface area contributed by atoms with Crippen molar-refractivity contribution < 1.29 is 14.3 Å². The fourth-order valence-electron chi connectivity index (χ4n) is 4.10. The number of hydrogen-bond donors (Lipinski definition) is 2. The van der Waals surface area contributed by atoms with Crippen LogP contribution in [0.3, 0.4) is 0 Å². The number of methoxy groups -OCH3 is 1. The molecule has 1 atom stereocenters. The van der Waals surface area contributed by atoms with E-state index in [1.807, 2.05) is 41.8 Å². The average Bonchev–Trinajstić information content (AvgIpc) is 3.50. The number of nitrogens with one attached hydrogen (secondary N) is 2. The summed E-state index contributed by atoms with van der Waals surface area (Å²) in [7, 11) is 1.62. The van der Waals surface area contributed by atoms with E-state index in [-0.39, 0.29) is 6.04 Å². The van der Waals surface area contributed by atoms with Crippen LogP contribution in [-0.4, -0.2) is 38.6 Å². The van der Waals surface area contributed by atoms with E-state index >= 15 is 0 Å². The number of ether oxygens (including phenoxy) is 1. The zero-order chi connectivity index (χ0) is 22.3. The van der Waals surface area contributed by atoms with Crippen molar-refractivity contribution in [2.45, 2.75) is 18.9 Å². The molecule has 1 aromatic heterocycles. The highest BCUT2D eigenvalue weighted by Gasteiger charge is 2.28. The van der Waals surface area contributed by atoms with Crippen LogP contribution in [0.1, 0.15) is 22.0 Å². The van der Waals surface area contributed by atoms with E-state index in [2.05, 4.69) is 39.8 Å². The van der Waals surface area contributed by atoms with Gasteiger partial charge in [-0.1, -0.05) is 42.5 Å². The van der Waals surface area contributed by atoms with Gasteiger partial charge in [0.15, 0.2) is 0 Å². The SMILES string of the molecule is COc1ccccc1CCNC(=O)C(=O)NCC(c1cccs1)N1CCc2ccccc21. The van der Waals surface area contributed by atoms with Gasteiger partial charge in [0.05, 0.1) is 13.2 Å². The summed E-state index contributed by atoms with van der Waals surface area (Å²) in [6.45, 7) is 1.62. The van der Waals surface area contributed by atoms with Crippen molar-refractivity contribution >= 4 is 28.8 Å². The Bertz CT molecular complexity index is 1070. The second-order valence-electron chi connectivity index (χ2n) is 7.63. The van der Waals surface area contributed by atoms with Gasteiger partial charge >= 0.3 is 11.8 Å². The molecule has 0 saturated heterocycles. The lowest BCUT2D eigenvalue weighted by molar-refractivity contribution is -0.139. The Morgan fingerprint density at radius 1 is 1.03 bits per heavy atom. The van der Waals surface area contributed by atoms with Crippen LogP contribution in [-0.2, 0) is 22.4 Å². The lowest BCUT2D eigenvalue weighted by Gasteiger charge is -2.30. The monoisotopic (exact) mass is 449 g/mol. The maximum Gasteiger partial charge on any atom is 0.309 e. The Balaban J connectivity index is 1.34. The number of anilines is 1. The molecule has 1 aliphatic rings. The summed E-state index contributed by atoms with van der Waals surface area (Å²) in [5, 5.41) is 7.59. The first-order valence-electron chi connectivity index (χ1n) is 10.7. The molecule has 2 heterocycles. The third-order valence-electron chi connectivity index (χ3n) is 5.71. The maximum absolute atomic E-state index is 12.5. The molecule has 2 N–H and O–H groups in total. The van der Waals surface area contributed by atoms with Gasteiger partial charge in [0.2, 0.25) is 0 Å². The standard InChI is InChI=1S/C25H27N3O3S/c1-31-22-10-5-3-8-19(22)12-14-26-24(29)25(30)27-17-21(23-11-6-16-32-23)28-15-13-18-7-2-4-9-20(18)28/h2-11,16,21H,12-15,17H2,1H3,(H,26,29)(H,27,30). The number of carbonyl (C=O) groups is 2. The molecule has 1 aliphatic heterocycles.